The van der Waals surface area contributed by atoms with Crippen molar-refractivity contribution in [2.24, 2.45) is 11.8 Å². The summed E-state index contributed by atoms with van der Waals surface area (Å²) in [5.74, 6) is -0.711. The highest BCUT2D eigenvalue weighted by atomic mass is 35.5. The van der Waals surface area contributed by atoms with Gasteiger partial charge in [-0.1, -0.05) is 41.9 Å². The third kappa shape index (κ3) is 5.89. The molecular formula is C29H35ClF3N3O3. The van der Waals surface area contributed by atoms with Gasteiger partial charge in [0, 0.05) is 51.0 Å². The van der Waals surface area contributed by atoms with E-state index in [4.69, 9.17) is 11.6 Å². The number of hydrogen-bond donors (Lipinski definition) is 1. The first kappa shape index (κ1) is 29.2. The first-order chi connectivity index (χ1) is 18.5. The summed E-state index contributed by atoms with van der Waals surface area (Å²) in [4.78, 5) is 30.5. The van der Waals surface area contributed by atoms with Crippen molar-refractivity contribution in [3.8, 4) is 0 Å². The SMILES string of the molecule is CCN(C)C(=O)c1ccc(N2CCC(C3CCN(C(=O)C(O)(c4ccccc4)C(F)(F)F)CC3)CC2)cc1Cl. The molecule has 39 heavy (non-hydrogen) atoms. The monoisotopic (exact) mass is 565 g/mol. The molecule has 2 fully saturated rings. The molecule has 2 saturated heterocycles. The van der Waals surface area contributed by atoms with Crippen LogP contribution in [0.15, 0.2) is 48.5 Å². The largest absolute Gasteiger partial charge is 0.430 e. The van der Waals surface area contributed by atoms with Gasteiger partial charge < -0.3 is 19.8 Å². The molecule has 1 N–H and O–H groups in total. The number of hydrogen-bond acceptors (Lipinski definition) is 4. The second-order valence-corrected chi connectivity index (χ2v) is 10.9. The molecule has 2 heterocycles. The highest BCUT2D eigenvalue weighted by Crippen LogP contribution is 2.42. The standard InChI is InChI=1S/C29H35ClF3N3O3/c1-3-34(2)26(37)24-10-9-23(19-25(24)30)35-15-11-20(12-16-35)21-13-17-36(18-14-21)27(38)28(39,29(31,32)33)22-7-5-4-6-8-22/h4-10,19-21,39H,3,11-18H2,1-2H3. The quantitative estimate of drug-likeness (QED) is 0.514. The van der Waals surface area contributed by atoms with Crippen molar-refractivity contribution in [1.82, 2.24) is 9.80 Å². The van der Waals surface area contributed by atoms with E-state index in [0.29, 0.717) is 41.8 Å². The number of rotatable bonds is 6. The number of alkyl halides is 3. The number of amides is 2. The topological polar surface area (TPSA) is 64.1 Å². The molecule has 2 aromatic rings. The van der Waals surface area contributed by atoms with Crippen molar-refractivity contribution in [2.45, 2.75) is 44.4 Å². The number of aliphatic hydroxyl groups is 1. The van der Waals surface area contributed by atoms with Crippen molar-refractivity contribution in [3.63, 3.8) is 0 Å². The lowest BCUT2D eigenvalue weighted by Gasteiger charge is -2.42. The molecule has 212 valence electrons. The third-order valence-electron chi connectivity index (χ3n) is 8.31. The van der Waals surface area contributed by atoms with Crippen LogP contribution >= 0.6 is 11.6 Å². The van der Waals surface area contributed by atoms with Gasteiger partial charge in [0.05, 0.1) is 10.6 Å². The van der Waals surface area contributed by atoms with Crippen LogP contribution in [0.4, 0.5) is 18.9 Å². The molecule has 0 saturated carbocycles. The molecular weight excluding hydrogens is 531 g/mol. The van der Waals surface area contributed by atoms with Crippen molar-refractivity contribution < 1.29 is 27.9 Å². The predicted molar refractivity (Wildman–Crippen MR) is 145 cm³/mol. The summed E-state index contributed by atoms with van der Waals surface area (Å²) < 4.78 is 41.8. The zero-order valence-electron chi connectivity index (χ0n) is 22.3. The molecule has 6 nitrogen and oxygen atoms in total. The maximum absolute atomic E-state index is 13.9. The molecule has 4 rings (SSSR count). The number of carbonyl (C=O) groups excluding carboxylic acids is 2. The minimum Gasteiger partial charge on any atom is -0.371 e. The maximum Gasteiger partial charge on any atom is 0.430 e. The number of piperidine rings is 2. The summed E-state index contributed by atoms with van der Waals surface area (Å²) in [5, 5.41) is 11.1. The summed E-state index contributed by atoms with van der Waals surface area (Å²) in [7, 11) is 1.73. The molecule has 0 radical (unpaired) electrons. The van der Waals surface area contributed by atoms with Gasteiger partial charge in [0.1, 0.15) is 0 Å². The molecule has 2 aliphatic rings. The van der Waals surface area contributed by atoms with Crippen LogP contribution in [0.5, 0.6) is 0 Å². The Kier molecular flexibility index (Phi) is 8.81. The van der Waals surface area contributed by atoms with E-state index in [1.54, 1.807) is 24.1 Å². The van der Waals surface area contributed by atoms with Crippen LogP contribution in [0.2, 0.25) is 5.02 Å². The lowest BCUT2D eigenvalue weighted by atomic mass is 9.78. The van der Waals surface area contributed by atoms with Gasteiger partial charge in [0.2, 0.25) is 0 Å². The molecule has 0 spiro atoms. The summed E-state index contributed by atoms with van der Waals surface area (Å²) in [6.45, 7) is 4.49. The van der Waals surface area contributed by atoms with Gasteiger partial charge in [-0.3, -0.25) is 9.59 Å². The summed E-state index contributed by atoms with van der Waals surface area (Å²) >= 11 is 6.44. The van der Waals surface area contributed by atoms with E-state index in [1.165, 1.54) is 12.1 Å². The summed E-state index contributed by atoms with van der Waals surface area (Å²) in [5.41, 5.74) is -2.58. The molecule has 2 aliphatic heterocycles. The Morgan fingerprint density at radius 3 is 2.05 bits per heavy atom. The Bertz CT molecular complexity index is 1160. The van der Waals surface area contributed by atoms with Crippen LogP contribution in [0.25, 0.3) is 0 Å². The Hall–Kier alpha value is -2.78. The van der Waals surface area contributed by atoms with Crippen LogP contribution in [-0.4, -0.2) is 72.7 Å². The van der Waals surface area contributed by atoms with Crippen LogP contribution in [0, 0.1) is 11.8 Å². The van der Waals surface area contributed by atoms with Crippen molar-refractivity contribution in [1.29, 1.82) is 0 Å². The van der Waals surface area contributed by atoms with Crippen molar-refractivity contribution in [3.05, 3.63) is 64.7 Å². The molecule has 2 amide bonds. The van der Waals surface area contributed by atoms with Crippen molar-refractivity contribution in [2.75, 3.05) is 44.7 Å². The highest BCUT2D eigenvalue weighted by molar-refractivity contribution is 6.34. The minimum atomic E-state index is -5.13. The molecule has 0 aliphatic carbocycles. The molecule has 1 unspecified atom stereocenters. The van der Waals surface area contributed by atoms with Gasteiger partial charge in [-0.2, -0.15) is 13.2 Å². The lowest BCUT2D eigenvalue weighted by molar-refractivity contribution is -0.262. The van der Waals surface area contributed by atoms with Crippen LogP contribution in [0.3, 0.4) is 0 Å². The van der Waals surface area contributed by atoms with Gasteiger partial charge in [-0.05, 0) is 62.6 Å². The Labute approximate surface area is 232 Å². The number of anilines is 1. The van der Waals surface area contributed by atoms with Gasteiger partial charge >= 0.3 is 6.18 Å². The number of carbonyl (C=O) groups is 2. The first-order valence-corrected chi connectivity index (χ1v) is 13.8. The van der Waals surface area contributed by atoms with E-state index in [2.05, 4.69) is 4.90 Å². The van der Waals surface area contributed by atoms with E-state index in [9.17, 15) is 27.9 Å². The smallest absolute Gasteiger partial charge is 0.371 e. The Balaban J connectivity index is 1.34. The van der Waals surface area contributed by atoms with Crippen molar-refractivity contribution >= 4 is 29.1 Å². The summed E-state index contributed by atoms with van der Waals surface area (Å²) in [6, 6.07) is 12.1. The second-order valence-electron chi connectivity index (χ2n) is 10.5. The van der Waals surface area contributed by atoms with Gasteiger partial charge in [0.15, 0.2) is 0 Å². The Morgan fingerprint density at radius 2 is 1.54 bits per heavy atom. The lowest BCUT2D eigenvalue weighted by Crippen LogP contribution is -2.57. The number of benzene rings is 2. The average molecular weight is 566 g/mol. The molecule has 10 heteroatoms. The molecule has 2 aromatic carbocycles. The molecule has 1 atom stereocenters. The van der Waals surface area contributed by atoms with E-state index in [-0.39, 0.29) is 19.0 Å². The van der Waals surface area contributed by atoms with Gasteiger partial charge in [0.25, 0.3) is 17.4 Å². The van der Waals surface area contributed by atoms with Gasteiger partial charge in [-0.15, -0.1) is 0 Å². The van der Waals surface area contributed by atoms with E-state index in [1.807, 2.05) is 19.1 Å². The van der Waals surface area contributed by atoms with E-state index < -0.39 is 23.2 Å². The minimum absolute atomic E-state index is 0.116. The highest BCUT2D eigenvalue weighted by Gasteiger charge is 2.62. The third-order valence-corrected chi connectivity index (χ3v) is 8.63. The van der Waals surface area contributed by atoms with Crippen LogP contribution in [-0.2, 0) is 10.4 Å². The fourth-order valence-electron chi connectivity index (χ4n) is 5.74. The Morgan fingerprint density at radius 1 is 0.974 bits per heavy atom. The van der Waals surface area contributed by atoms with E-state index in [0.717, 1.165) is 48.7 Å². The fourth-order valence-corrected chi connectivity index (χ4v) is 6.00. The number of halogens is 4. The first-order valence-electron chi connectivity index (χ1n) is 13.4. The number of nitrogens with zero attached hydrogens (tertiary/aromatic N) is 3. The predicted octanol–water partition coefficient (Wildman–Crippen LogP) is 5.34. The zero-order chi connectivity index (χ0) is 28.4. The van der Waals surface area contributed by atoms with Crippen LogP contribution in [0.1, 0.15) is 48.5 Å². The zero-order valence-corrected chi connectivity index (χ0v) is 23.0. The van der Waals surface area contributed by atoms with Crippen LogP contribution < -0.4 is 4.90 Å². The number of likely N-dealkylation sites (tertiary alicyclic amines) is 1. The second kappa shape index (κ2) is 11.8. The van der Waals surface area contributed by atoms with E-state index >= 15 is 0 Å². The van der Waals surface area contributed by atoms with Gasteiger partial charge in [-0.25, -0.2) is 0 Å². The molecule has 0 aromatic heterocycles. The molecule has 0 bridgehead atoms. The summed E-state index contributed by atoms with van der Waals surface area (Å²) in [6.07, 6.45) is -2.08. The maximum atomic E-state index is 13.9. The normalized spacial score (nSPS) is 19.1. The average Bonchev–Trinajstić information content (AvgIpc) is 2.95. The fraction of sp³-hybridized carbons (Fsp3) is 0.517.